The van der Waals surface area contributed by atoms with Crippen LogP contribution in [-0.2, 0) is 0 Å². The number of imidazole rings is 1. The van der Waals surface area contributed by atoms with E-state index in [1.54, 1.807) is 0 Å². The monoisotopic (exact) mass is 699 g/mol. The zero-order valence-corrected chi connectivity index (χ0v) is 29.9. The van der Waals surface area contributed by atoms with Gasteiger partial charge in [-0.25, -0.2) is 9.97 Å². The van der Waals surface area contributed by atoms with Crippen LogP contribution in [0, 0.1) is 0 Å². The Morgan fingerprint density at radius 2 is 0.982 bits per heavy atom. The molecule has 0 aliphatic carbocycles. The Bertz CT molecular complexity index is 3250. The fourth-order valence-electron chi connectivity index (χ4n) is 8.28. The molecule has 3 nitrogen and oxygen atoms in total. The van der Waals surface area contributed by atoms with E-state index >= 15 is 0 Å². The standard InChI is InChI=1S/C52H33N3/c1-2-13-36(14-3-1)52-54-49-20-10-11-21-51(49)55(52)41-27-24-35(25-28-41)46-33-50(40-23-22-34-12-4-5-15-37(34)30-40)53-48-29-26-39(32-47(46)48)45-31-38-16-6-7-17-42(38)43-18-8-9-19-44(43)45/h1-33H. The van der Waals surface area contributed by atoms with Crippen molar-refractivity contribution in [1.82, 2.24) is 14.5 Å². The molecule has 0 atom stereocenters. The van der Waals surface area contributed by atoms with E-state index in [1.165, 1.54) is 43.4 Å². The third kappa shape index (κ3) is 5.28. The van der Waals surface area contributed by atoms with Crippen LogP contribution in [0.15, 0.2) is 200 Å². The highest BCUT2D eigenvalue weighted by Crippen LogP contribution is 2.40. The van der Waals surface area contributed by atoms with Gasteiger partial charge in [0.25, 0.3) is 0 Å². The molecule has 0 saturated heterocycles. The number of pyridine rings is 1. The van der Waals surface area contributed by atoms with E-state index in [2.05, 4.69) is 193 Å². The summed E-state index contributed by atoms with van der Waals surface area (Å²) in [7, 11) is 0. The third-order valence-corrected chi connectivity index (χ3v) is 11.0. The van der Waals surface area contributed by atoms with E-state index < -0.39 is 0 Å². The first kappa shape index (κ1) is 31.2. The summed E-state index contributed by atoms with van der Waals surface area (Å²) >= 11 is 0. The Morgan fingerprint density at radius 1 is 0.327 bits per heavy atom. The van der Waals surface area contributed by atoms with Gasteiger partial charge in [-0.2, -0.15) is 0 Å². The molecule has 0 radical (unpaired) electrons. The molecule has 9 aromatic carbocycles. The molecular weight excluding hydrogens is 667 g/mol. The maximum atomic E-state index is 5.31. The number of rotatable bonds is 5. The van der Waals surface area contributed by atoms with Gasteiger partial charge >= 0.3 is 0 Å². The van der Waals surface area contributed by atoms with E-state index in [9.17, 15) is 0 Å². The minimum Gasteiger partial charge on any atom is -0.292 e. The lowest BCUT2D eigenvalue weighted by Gasteiger charge is -2.15. The average Bonchev–Trinajstić information content (AvgIpc) is 3.65. The third-order valence-electron chi connectivity index (χ3n) is 11.0. The summed E-state index contributed by atoms with van der Waals surface area (Å²) < 4.78 is 2.27. The largest absolute Gasteiger partial charge is 0.292 e. The summed E-state index contributed by atoms with van der Waals surface area (Å²) in [6, 6.07) is 71.7. The molecule has 0 spiro atoms. The maximum Gasteiger partial charge on any atom is 0.145 e. The lowest BCUT2D eigenvalue weighted by molar-refractivity contribution is 1.10. The number of hydrogen-bond acceptors (Lipinski definition) is 2. The number of benzene rings is 9. The topological polar surface area (TPSA) is 30.7 Å². The quantitative estimate of drug-likeness (QED) is 0.167. The van der Waals surface area contributed by atoms with Crippen LogP contribution in [0.5, 0.6) is 0 Å². The number of fused-ring (bicyclic) bond motifs is 6. The van der Waals surface area contributed by atoms with Gasteiger partial charge in [0.2, 0.25) is 0 Å². The lowest BCUT2D eigenvalue weighted by atomic mass is 9.91. The molecule has 0 aliphatic rings. The second kappa shape index (κ2) is 12.6. The Hall–Kier alpha value is -7.36. The molecule has 0 N–H and O–H groups in total. The van der Waals surface area contributed by atoms with Gasteiger partial charge in [0.05, 0.1) is 22.2 Å². The van der Waals surface area contributed by atoms with Crippen molar-refractivity contribution in [2.45, 2.75) is 0 Å². The molecule has 0 fully saturated rings. The summed E-state index contributed by atoms with van der Waals surface area (Å²) in [5.74, 6) is 0.926. The number of hydrogen-bond donors (Lipinski definition) is 0. The van der Waals surface area contributed by atoms with Crippen LogP contribution in [0.1, 0.15) is 0 Å². The second-order valence-electron chi connectivity index (χ2n) is 14.2. The van der Waals surface area contributed by atoms with E-state index in [4.69, 9.17) is 9.97 Å². The highest BCUT2D eigenvalue weighted by molar-refractivity contribution is 6.14. The van der Waals surface area contributed by atoms with Crippen LogP contribution in [-0.4, -0.2) is 14.5 Å². The minimum atomic E-state index is 0.926. The summed E-state index contributed by atoms with van der Waals surface area (Å²) in [5, 5.41) is 8.55. The van der Waals surface area contributed by atoms with Crippen LogP contribution in [0.2, 0.25) is 0 Å². The highest BCUT2D eigenvalue weighted by atomic mass is 15.1. The minimum absolute atomic E-state index is 0.926. The van der Waals surface area contributed by atoms with E-state index in [1.807, 2.05) is 12.1 Å². The Morgan fingerprint density at radius 3 is 1.84 bits per heavy atom. The van der Waals surface area contributed by atoms with Crippen molar-refractivity contribution in [2.75, 3.05) is 0 Å². The van der Waals surface area contributed by atoms with Crippen LogP contribution in [0.4, 0.5) is 0 Å². The maximum absolute atomic E-state index is 5.31. The lowest BCUT2D eigenvalue weighted by Crippen LogP contribution is -1.98. The molecule has 0 amide bonds. The van der Waals surface area contributed by atoms with Crippen LogP contribution in [0.25, 0.3) is 105 Å². The fourth-order valence-corrected chi connectivity index (χ4v) is 8.28. The van der Waals surface area contributed by atoms with Gasteiger partial charge in [0.15, 0.2) is 0 Å². The van der Waals surface area contributed by atoms with Gasteiger partial charge in [0.1, 0.15) is 5.82 Å². The van der Waals surface area contributed by atoms with Crippen molar-refractivity contribution in [3.63, 3.8) is 0 Å². The van der Waals surface area contributed by atoms with Crippen LogP contribution >= 0.6 is 0 Å². The SMILES string of the molecule is c1ccc(-c2nc3ccccc3n2-c2ccc(-c3cc(-c4ccc5ccccc5c4)nc4ccc(-c5cc6ccccc6c6ccccc56)cc34)cc2)cc1. The molecule has 2 aromatic heterocycles. The first-order valence-electron chi connectivity index (χ1n) is 18.7. The van der Waals surface area contributed by atoms with Gasteiger partial charge in [-0.1, -0.05) is 146 Å². The van der Waals surface area contributed by atoms with Crippen molar-refractivity contribution < 1.29 is 0 Å². The van der Waals surface area contributed by atoms with Gasteiger partial charge in [-0.3, -0.25) is 4.57 Å². The second-order valence-corrected chi connectivity index (χ2v) is 14.2. The van der Waals surface area contributed by atoms with E-state index in [0.29, 0.717) is 0 Å². The summed E-state index contributed by atoms with van der Waals surface area (Å²) in [4.78, 5) is 10.4. The molecule has 0 unspecified atom stereocenters. The van der Waals surface area contributed by atoms with Gasteiger partial charge in [-0.05, 0) is 109 Å². The van der Waals surface area contributed by atoms with Crippen LogP contribution < -0.4 is 0 Å². The van der Waals surface area contributed by atoms with E-state index in [-0.39, 0.29) is 0 Å². The normalized spacial score (nSPS) is 11.6. The molecule has 11 rings (SSSR count). The fraction of sp³-hybridized carbons (Fsp3) is 0. The van der Waals surface area contributed by atoms with Gasteiger partial charge in [0, 0.05) is 22.2 Å². The van der Waals surface area contributed by atoms with Gasteiger partial charge < -0.3 is 0 Å². The van der Waals surface area contributed by atoms with Crippen molar-refractivity contribution in [2.24, 2.45) is 0 Å². The molecule has 11 aromatic rings. The molecule has 0 bridgehead atoms. The zero-order valence-electron chi connectivity index (χ0n) is 29.9. The van der Waals surface area contributed by atoms with E-state index in [0.717, 1.165) is 61.4 Å². The average molecular weight is 700 g/mol. The smallest absolute Gasteiger partial charge is 0.145 e. The Labute approximate surface area is 318 Å². The van der Waals surface area contributed by atoms with Crippen molar-refractivity contribution in [3.05, 3.63) is 200 Å². The molecular formula is C52H33N3. The highest BCUT2D eigenvalue weighted by Gasteiger charge is 2.17. The van der Waals surface area contributed by atoms with Gasteiger partial charge in [-0.15, -0.1) is 0 Å². The molecule has 0 saturated carbocycles. The van der Waals surface area contributed by atoms with Crippen molar-refractivity contribution in [3.8, 4) is 50.6 Å². The zero-order chi connectivity index (χ0) is 36.3. The Balaban J connectivity index is 1.11. The molecule has 55 heavy (non-hydrogen) atoms. The molecule has 3 heteroatoms. The number of para-hydroxylation sites is 2. The summed E-state index contributed by atoms with van der Waals surface area (Å²) in [5.41, 5.74) is 11.9. The van der Waals surface area contributed by atoms with Crippen LogP contribution in [0.3, 0.4) is 0 Å². The predicted molar refractivity (Wildman–Crippen MR) is 231 cm³/mol. The Kier molecular flexibility index (Phi) is 7.17. The molecule has 2 heterocycles. The predicted octanol–water partition coefficient (Wildman–Crippen LogP) is 13.7. The first-order valence-corrected chi connectivity index (χ1v) is 18.7. The molecule has 256 valence electrons. The summed E-state index contributed by atoms with van der Waals surface area (Å²) in [6.07, 6.45) is 0. The number of aromatic nitrogens is 3. The summed E-state index contributed by atoms with van der Waals surface area (Å²) in [6.45, 7) is 0. The first-order chi connectivity index (χ1) is 27.2. The van der Waals surface area contributed by atoms with Crippen molar-refractivity contribution >= 4 is 54.3 Å². The van der Waals surface area contributed by atoms with Crippen molar-refractivity contribution in [1.29, 1.82) is 0 Å². The molecule has 0 aliphatic heterocycles. The number of nitrogens with zero attached hydrogens (tertiary/aromatic N) is 3.